The molecule has 0 spiro atoms. The third kappa shape index (κ3) is 8.42. The van der Waals surface area contributed by atoms with Crippen molar-refractivity contribution in [3.63, 3.8) is 0 Å². The highest BCUT2D eigenvalue weighted by molar-refractivity contribution is 5.99. The van der Waals surface area contributed by atoms with Crippen LogP contribution in [0.15, 0.2) is 42.5 Å². The van der Waals surface area contributed by atoms with Crippen LogP contribution in [0.1, 0.15) is 36.2 Å². The molecule has 2 aromatic rings. The van der Waals surface area contributed by atoms with Gasteiger partial charge in [-0.1, -0.05) is 19.1 Å². The van der Waals surface area contributed by atoms with Crippen LogP contribution in [0.4, 0.5) is 5.69 Å². The van der Waals surface area contributed by atoms with Crippen molar-refractivity contribution in [2.45, 2.75) is 39.0 Å². The molecule has 2 N–H and O–H groups in total. The van der Waals surface area contributed by atoms with Crippen molar-refractivity contribution in [2.75, 3.05) is 72.0 Å². The Bertz CT molecular complexity index is 1150. The summed E-state index contributed by atoms with van der Waals surface area (Å²) < 4.78 is 17.2. The molecular formula is C31H44N4O6. The van der Waals surface area contributed by atoms with Gasteiger partial charge in [-0.15, -0.1) is 0 Å². The third-order valence-corrected chi connectivity index (χ3v) is 7.81. The average molecular weight is 569 g/mol. The Hall–Kier alpha value is -3.18. The number of amides is 2. The molecule has 2 aliphatic heterocycles. The third-order valence-electron chi connectivity index (χ3n) is 7.81. The molecular weight excluding hydrogens is 524 g/mol. The standard InChI is InChI=1S/C31H44N4O6/c1-22-18-35(23(2)21-36)31(38)27-17-25(32-30(37)11-12-34-13-15-40-16-14-34)7-10-28(27)41-29(22)20-33(3)19-24-5-8-26(39-4)9-6-24/h5-10,17,22-23,29,36H,11-16,18-21H2,1-4H3,(H,32,37)/t22-,23+,29-/m1/s1. The molecule has 4 rings (SSSR count). The Morgan fingerprint density at radius 3 is 2.61 bits per heavy atom. The number of aliphatic hydroxyl groups excluding tert-OH is 1. The highest BCUT2D eigenvalue weighted by Gasteiger charge is 2.33. The normalized spacial score (nSPS) is 20.5. The van der Waals surface area contributed by atoms with Gasteiger partial charge >= 0.3 is 0 Å². The molecule has 2 amide bonds. The second-order valence-electron chi connectivity index (χ2n) is 11.1. The van der Waals surface area contributed by atoms with Gasteiger partial charge < -0.3 is 29.5 Å². The van der Waals surface area contributed by atoms with E-state index in [1.807, 2.05) is 31.2 Å². The molecule has 0 aliphatic carbocycles. The molecule has 1 saturated heterocycles. The highest BCUT2D eigenvalue weighted by atomic mass is 16.5. The van der Waals surface area contributed by atoms with Gasteiger partial charge in [0.05, 0.1) is 38.5 Å². The van der Waals surface area contributed by atoms with E-state index in [0.29, 0.717) is 56.3 Å². The van der Waals surface area contributed by atoms with Crippen LogP contribution < -0.4 is 14.8 Å². The predicted octanol–water partition coefficient (Wildman–Crippen LogP) is 2.71. The van der Waals surface area contributed by atoms with E-state index >= 15 is 0 Å². The van der Waals surface area contributed by atoms with Gasteiger partial charge in [0.25, 0.3) is 5.91 Å². The summed E-state index contributed by atoms with van der Waals surface area (Å²) in [5, 5.41) is 12.9. The zero-order valence-corrected chi connectivity index (χ0v) is 24.7. The largest absolute Gasteiger partial charge is 0.497 e. The first-order valence-electron chi connectivity index (χ1n) is 14.4. The smallest absolute Gasteiger partial charge is 0.258 e. The average Bonchev–Trinajstić information content (AvgIpc) is 2.98. The maximum Gasteiger partial charge on any atom is 0.258 e. The second kappa shape index (κ2) is 14.6. The number of hydrogen-bond acceptors (Lipinski definition) is 8. The van der Waals surface area contributed by atoms with Crippen LogP contribution in [0.25, 0.3) is 0 Å². The summed E-state index contributed by atoms with van der Waals surface area (Å²) in [6.07, 6.45) is 0.155. The van der Waals surface area contributed by atoms with E-state index in [1.54, 1.807) is 30.2 Å². The molecule has 2 heterocycles. The van der Waals surface area contributed by atoms with E-state index in [9.17, 15) is 14.7 Å². The fourth-order valence-corrected chi connectivity index (χ4v) is 5.24. The molecule has 224 valence electrons. The monoisotopic (exact) mass is 568 g/mol. The SMILES string of the molecule is COc1ccc(CN(C)C[C@H]2Oc3ccc(NC(=O)CCN4CCOCC4)cc3C(=O)N([C@@H](C)CO)C[C@H]2C)cc1. The van der Waals surface area contributed by atoms with E-state index in [2.05, 4.69) is 29.1 Å². The number of nitrogens with zero attached hydrogens (tertiary/aromatic N) is 3. The van der Waals surface area contributed by atoms with Gasteiger partial charge in [0.15, 0.2) is 0 Å². The molecule has 0 bridgehead atoms. The summed E-state index contributed by atoms with van der Waals surface area (Å²) in [5.41, 5.74) is 2.09. The van der Waals surface area contributed by atoms with Crippen molar-refractivity contribution < 1.29 is 28.9 Å². The number of aliphatic hydroxyl groups is 1. The molecule has 2 aromatic carbocycles. The number of methoxy groups -OCH3 is 1. The van der Waals surface area contributed by atoms with Crippen LogP contribution >= 0.6 is 0 Å². The molecule has 0 saturated carbocycles. The molecule has 1 fully saturated rings. The first kappa shape index (κ1) is 30.8. The molecule has 3 atom stereocenters. The zero-order valence-electron chi connectivity index (χ0n) is 24.7. The first-order chi connectivity index (χ1) is 19.8. The summed E-state index contributed by atoms with van der Waals surface area (Å²) in [6.45, 7) is 9.27. The van der Waals surface area contributed by atoms with Crippen LogP contribution in [0, 0.1) is 5.92 Å². The first-order valence-corrected chi connectivity index (χ1v) is 14.4. The Balaban J connectivity index is 1.49. The fourth-order valence-electron chi connectivity index (χ4n) is 5.24. The number of anilines is 1. The number of carbonyl (C=O) groups excluding carboxylic acids is 2. The summed E-state index contributed by atoms with van der Waals surface area (Å²) in [6, 6.07) is 12.9. The number of likely N-dealkylation sites (N-methyl/N-ethyl adjacent to an activating group) is 1. The number of ether oxygens (including phenoxy) is 3. The quantitative estimate of drug-likeness (QED) is 0.427. The lowest BCUT2D eigenvalue weighted by Crippen LogP contribution is -2.49. The van der Waals surface area contributed by atoms with Crippen LogP contribution in [0.2, 0.25) is 0 Å². The number of carbonyl (C=O) groups is 2. The van der Waals surface area contributed by atoms with Crippen molar-refractivity contribution >= 4 is 17.5 Å². The molecule has 0 aromatic heterocycles. The highest BCUT2D eigenvalue weighted by Crippen LogP contribution is 2.31. The van der Waals surface area contributed by atoms with Crippen molar-refractivity contribution in [1.29, 1.82) is 0 Å². The van der Waals surface area contributed by atoms with Crippen LogP contribution in [-0.2, 0) is 16.1 Å². The van der Waals surface area contributed by atoms with Gasteiger partial charge in [-0.3, -0.25) is 19.4 Å². The van der Waals surface area contributed by atoms with Crippen molar-refractivity contribution in [2.24, 2.45) is 5.92 Å². The van der Waals surface area contributed by atoms with E-state index in [1.165, 1.54) is 0 Å². The maximum atomic E-state index is 13.7. The Kier molecular flexibility index (Phi) is 11.0. The molecule has 0 unspecified atom stereocenters. The van der Waals surface area contributed by atoms with Crippen molar-refractivity contribution in [3.8, 4) is 11.5 Å². The lowest BCUT2D eigenvalue weighted by molar-refractivity contribution is -0.116. The summed E-state index contributed by atoms with van der Waals surface area (Å²) >= 11 is 0. The number of rotatable bonds is 11. The van der Waals surface area contributed by atoms with Gasteiger partial charge in [-0.2, -0.15) is 0 Å². The summed E-state index contributed by atoms with van der Waals surface area (Å²) in [5.74, 6) is 0.982. The Morgan fingerprint density at radius 2 is 1.93 bits per heavy atom. The maximum absolute atomic E-state index is 13.7. The lowest BCUT2D eigenvalue weighted by atomic mass is 9.99. The van der Waals surface area contributed by atoms with Gasteiger partial charge in [0.1, 0.15) is 17.6 Å². The molecule has 10 heteroatoms. The molecule has 10 nitrogen and oxygen atoms in total. The van der Waals surface area contributed by atoms with E-state index < -0.39 is 0 Å². The summed E-state index contributed by atoms with van der Waals surface area (Å²) in [7, 11) is 3.70. The minimum absolute atomic E-state index is 0.0129. The van der Waals surface area contributed by atoms with Gasteiger partial charge in [-0.05, 0) is 49.9 Å². The van der Waals surface area contributed by atoms with Gasteiger partial charge in [0.2, 0.25) is 5.91 Å². The number of fused-ring (bicyclic) bond motifs is 1. The number of hydrogen-bond donors (Lipinski definition) is 2. The minimum Gasteiger partial charge on any atom is -0.497 e. The van der Waals surface area contributed by atoms with Crippen LogP contribution in [-0.4, -0.2) is 110 Å². The summed E-state index contributed by atoms with van der Waals surface area (Å²) in [4.78, 5) is 32.5. The molecule has 2 aliphatic rings. The molecule has 41 heavy (non-hydrogen) atoms. The van der Waals surface area contributed by atoms with Gasteiger partial charge in [0, 0.05) is 57.3 Å². The van der Waals surface area contributed by atoms with Crippen LogP contribution in [0.5, 0.6) is 11.5 Å². The Labute approximate surface area is 243 Å². The van der Waals surface area contributed by atoms with Gasteiger partial charge in [-0.25, -0.2) is 0 Å². The van der Waals surface area contributed by atoms with E-state index in [4.69, 9.17) is 14.2 Å². The number of morpholine rings is 1. The van der Waals surface area contributed by atoms with Crippen molar-refractivity contribution in [3.05, 3.63) is 53.6 Å². The van der Waals surface area contributed by atoms with E-state index in [-0.39, 0.29) is 36.5 Å². The lowest BCUT2D eigenvalue weighted by Gasteiger charge is -2.38. The number of nitrogens with one attached hydrogen (secondary N) is 1. The second-order valence-corrected chi connectivity index (χ2v) is 11.1. The number of benzene rings is 2. The fraction of sp³-hybridized carbons (Fsp3) is 0.548. The predicted molar refractivity (Wildman–Crippen MR) is 157 cm³/mol. The molecule has 0 radical (unpaired) electrons. The minimum atomic E-state index is -0.361. The topological polar surface area (TPSA) is 104 Å². The Morgan fingerprint density at radius 1 is 1.20 bits per heavy atom. The zero-order chi connectivity index (χ0) is 29.4. The van der Waals surface area contributed by atoms with E-state index in [0.717, 1.165) is 30.9 Å². The van der Waals surface area contributed by atoms with Crippen molar-refractivity contribution in [1.82, 2.24) is 14.7 Å². The van der Waals surface area contributed by atoms with Crippen LogP contribution in [0.3, 0.4) is 0 Å².